The lowest BCUT2D eigenvalue weighted by Gasteiger charge is -2.48. The van der Waals surface area contributed by atoms with Crippen LogP contribution in [0, 0.1) is 18.2 Å². The minimum Gasteiger partial charge on any atom is -0.458 e. The molecule has 0 aliphatic carbocycles. The molecule has 1 spiro atoms. The predicted molar refractivity (Wildman–Crippen MR) is 142 cm³/mol. The van der Waals surface area contributed by atoms with Crippen molar-refractivity contribution in [3.8, 4) is 11.4 Å². The summed E-state index contributed by atoms with van der Waals surface area (Å²) in [6, 6.07) is 5.07. The Balaban J connectivity index is 1.41. The molecule has 0 radical (unpaired) electrons. The van der Waals surface area contributed by atoms with Crippen molar-refractivity contribution in [3.05, 3.63) is 62.2 Å². The number of aryl methyl sites for hydroxylation is 1. The molecule has 3 aromatic rings. The first-order chi connectivity index (χ1) is 18.7. The van der Waals surface area contributed by atoms with Gasteiger partial charge in [0.15, 0.2) is 5.60 Å². The minimum absolute atomic E-state index is 0.0181. The van der Waals surface area contributed by atoms with Gasteiger partial charge in [-0.3, -0.25) is 9.69 Å². The van der Waals surface area contributed by atoms with Gasteiger partial charge in [0, 0.05) is 34.0 Å². The largest absolute Gasteiger partial charge is 0.458 e. The van der Waals surface area contributed by atoms with Crippen molar-refractivity contribution in [1.29, 1.82) is 0 Å². The maximum atomic E-state index is 14.8. The second kappa shape index (κ2) is 8.43. The zero-order valence-corrected chi connectivity index (χ0v) is 22.5. The van der Waals surface area contributed by atoms with Crippen molar-refractivity contribution in [1.82, 2.24) is 14.5 Å². The van der Waals surface area contributed by atoms with E-state index in [1.807, 2.05) is 6.07 Å². The maximum Gasteiger partial charge on any atom is 0.343 e. The molecule has 1 N–H and O–H groups in total. The second-order valence-electron chi connectivity index (χ2n) is 11.8. The van der Waals surface area contributed by atoms with Crippen LogP contribution in [0.1, 0.15) is 67.0 Å². The molecule has 4 aliphatic rings. The van der Waals surface area contributed by atoms with E-state index in [1.54, 1.807) is 24.5 Å². The van der Waals surface area contributed by atoms with Gasteiger partial charge in [-0.1, -0.05) is 6.92 Å². The number of carbonyl (C=O) groups excluding carboxylic acids is 1. The van der Waals surface area contributed by atoms with Crippen LogP contribution in [0.3, 0.4) is 0 Å². The summed E-state index contributed by atoms with van der Waals surface area (Å²) < 4.78 is 27.2. The number of rotatable bonds is 3. The third-order valence-corrected chi connectivity index (χ3v) is 9.65. The zero-order valence-electron chi connectivity index (χ0n) is 22.5. The first-order valence-electron chi connectivity index (χ1n) is 13.8. The highest BCUT2D eigenvalue weighted by Crippen LogP contribution is 2.45. The van der Waals surface area contributed by atoms with Gasteiger partial charge in [-0.05, 0) is 69.5 Å². The van der Waals surface area contributed by atoms with Crippen LogP contribution in [-0.4, -0.2) is 51.8 Å². The number of aliphatic hydroxyl groups is 1. The Morgan fingerprint density at radius 1 is 1.15 bits per heavy atom. The van der Waals surface area contributed by atoms with E-state index in [0.717, 1.165) is 55.7 Å². The molecule has 204 valence electrons. The summed E-state index contributed by atoms with van der Waals surface area (Å²) in [5, 5.41) is 12.1. The average Bonchev–Trinajstić information content (AvgIpc) is 3.28. The normalized spacial score (nSPS) is 24.2. The maximum absolute atomic E-state index is 14.8. The summed E-state index contributed by atoms with van der Waals surface area (Å²) >= 11 is 0. The lowest BCUT2D eigenvalue weighted by atomic mass is 9.76. The lowest BCUT2D eigenvalue weighted by Crippen LogP contribution is -2.51. The molecule has 0 amide bonds. The van der Waals surface area contributed by atoms with Crippen LogP contribution in [-0.2, 0) is 33.0 Å². The van der Waals surface area contributed by atoms with E-state index in [4.69, 9.17) is 14.5 Å². The number of esters is 1. The van der Waals surface area contributed by atoms with Gasteiger partial charge in [-0.25, -0.2) is 14.2 Å². The van der Waals surface area contributed by atoms with Gasteiger partial charge in [0.05, 0.1) is 42.2 Å². The molecule has 39 heavy (non-hydrogen) atoms. The molecule has 2 fully saturated rings. The zero-order chi connectivity index (χ0) is 27.3. The molecular weight excluding hydrogens is 501 g/mol. The van der Waals surface area contributed by atoms with Crippen LogP contribution >= 0.6 is 0 Å². The SMILES string of the molecule is CC[C@@]1(O)C(=O)OCc2c1cc1n(c2=O)Cc2c-1nc1cc(F)c(C)cc1c2C(C)N1CCC2(CC1)COC2. The summed E-state index contributed by atoms with van der Waals surface area (Å²) in [6.45, 7) is 9.32. The molecule has 8 nitrogen and oxygen atoms in total. The number of ether oxygens (including phenoxy) is 2. The number of carbonyl (C=O) groups is 1. The lowest BCUT2D eigenvalue weighted by molar-refractivity contribution is -0.172. The van der Waals surface area contributed by atoms with Gasteiger partial charge in [-0.2, -0.15) is 0 Å². The van der Waals surface area contributed by atoms with E-state index in [-0.39, 0.29) is 36.0 Å². The number of hydrogen-bond donors (Lipinski definition) is 1. The summed E-state index contributed by atoms with van der Waals surface area (Å²) in [4.78, 5) is 33.6. The highest BCUT2D eigenvalue weighted by Gasteiger charge is 2.46. The van der Waals surface area contributed by atoms with Crippen molar-refractivity contribution in [2.45, 2.75) is 64.8 Å². The number of fused-ring (bicyclic) bond motifs is 5. The molecule has 1 aromatic carbocycles. The van der Waals surface area contributed by atoms with Gasteiger partial charge < -0.3 is 19.1 Å². The van der Waals surface area contributed by atoms with Crippen LogP contribution < -0.4 is 5.56 Å². The highest BCUT2D eigenvalue weighted by molar-refractivity contribution is 5.90. The van der Waals surface area contributed by atoms with Crippen molar-refractivity contribution in [3.63, 3.8) is 0 Å². The summed E-state index contributed by atoms with van der Waals surface area (Å²) in [7, 11) is 0. The van der Waals surface area contributed by atoms with Gasteiger partial charge in [0.25, 0.3) is 5.56 Å². The molecule has 2 atom stereocenters. The summed E-state index contributed by atoms with van der Waals surface area (Å²) in [5.41, 5.74) is 2.89. The molecule has 7 rings (SSSR count). The number of nitrogens with zero attached hydrogens (tertiary/aromatic N) is 3. The highest BCUT2D eigenvalue weighted by atomic mass is 19.1. The van der Waals surface area contributed by atoms with Crippen molar-refractivity contribution < 1.29 is 23.8 Å². The van der Waals surface area contributed by atoms with Crippen LogP contribution in [0.25, 0.3) is 22.3 Å². The molecule has 6 heterocycles. The quantitative estimate of drug-likeness (QED) is 0.402. The first kappa shape index (κ1) is 24.9. The molecule has 9 heteroatoms. The Kier molecular flexibility index (Phi) is 5.37. The van der Waals surface area contributed by atoms with Crippen molar-refractivity contribution >= 4 is 16.9 Å². The molecule has 4 aliphatic heterocycles. The molecule has 1 unspecified atom stereocenters. The number of piperidine rings is 1. The fourth-order valence-electron chi connectivity index (χ4n) is 6.96. The third-order valence-electron chi connectivity index (χ3n) is 9.65. The van der Waals surface area contributed by atoms with E-state index in [9.17, 15) is 19.1 Å². The van der Waals surface area contributed by atoms with Gasteiger partial charge in [0.2, 0.25) is 0 Å². The van der Waals surface area contributed by atoms with E-state index in [2.05, 4.69) is 11.8 Å². The predicted octanol–water partition coefficient (Wildman–Crippen LogP) is 3.70. The number of pyridine rings is 2. The molecule has 0 saturated carbocycles. The smallest absolute Gasteiger partial charge is 0.343 e. The van der Waals surface area contributed by atoms with Gasteiger partial charge in [-0.15, -0.1) is 0 Å². The Morgan fingerprint density at radius 3 is 2.56 bits per heavy atom. The van der Waals surface area contributed by atoms with Crippen LogP contribution in [0.5, 0.6) is 0 Å². The molecule has 2 aromatic heterocycles. The van der Waals surface area contributed by atoms with Crippen LogP contribution in [0.15, 0.2) is 23.0 Å². The number of benzene rings is 1. The van der Waals surface area contributed by atoms with Crippen molar-refractivity contribution in [2.24, 2.45) is 5.41 Å². The fraction of sp³-hybridized carbons (Fsp3) is 0.500. The molecule has 2 saturated heterocycles. The Hall–Kier alpha value is -3.14. The number of aromatic nitrogens is 2. The fourth-order valence-corrected chi connectivity index (χ4v) is 6.96. The van der Waals surface area contributed by atoms with Gasteiger partial charge >= 0.3 is 5.97 Å². The standard InChI is InChI=1S/C30H32FN3O5/c1-4-30(37)21-10-24-26-19(12-34(24)27(35)20(21)13-39-28(30)36)25(18-9-16(2)22(31)11-23(18)32-26)17(3)33-7-5-29(6-8-33)14-38-15-29/h9-11,17,37H,4-8,12-15H2,1-3H3/t17?,30-/m0/s1. The van der Waals surface area contributed by atoms with Crippen LogP contribution in [0.4, 0.5) is 4.39 Å². The van der Waals surface area contributed by atoms with E-state index in [0.29, 0.717) is 40.0 Å². The summed E-state index contributed by atoms with van der Waals surface area (Å²) in [6.07, 6.45) is 2.23. The second-order valence-corrected chi connectivity index (χ2v) is 11.8. The van der Waals surface area contributed by atoms with Gasteiger partial charge in [0.1, 0.15) is 12.4 Å². The number of cyclic esters (lactones) is 1. The third kappa shape index (κ3) is 3.42. The molecular formula is C30H32FN3O5. The Morgan fingerprint density at radius 2 is 1.90 bits per heavy atom. The van der Waals surface area contributed by atoms with E-state index >= 15 is 0 Å². The molecule has 0 bridgehead atoms. The van der Waals surface area contributed by atoms with Crippen LogP contribution in [0.2, 0.25) is 0 Å². The number of halogens is 1. The monoisotopic (exact) mass is 533 g/mol. The topological polar surface area (TPSA) is 93.9 Å². The number of likely N-dealkylation sites (tertiary alicyclic amines) is 1. The van der Waals surface area contributed by atoms with Crippen molar-refractivity contribution in [2.75, 3.05) is 26.3 Å². The number of hydrogen-bond acceptors (Lipinski definition) is 7. The Bertz CT molecular complexity index is 1620. The summed E-state index contributed by atoms with van der Waals surface area (Å²) in [5.74, 6) is -1.08. The minimum atomic E-state index is -1.89. The Labute approximate surface area is 225 Å². The average molecular weight is 534 g/mol. The first-order valence-corrected chi connectivity index (χ1v) is 13.8. The van der Waals surface area contributed by atoms with E-state index < -0.39 is 11.6 Å². The van der Waals surface area contributed by atoms with E-state index in [1.165, 1.54) is 6.07 Å².